The monoisotopic (exact) mass is 227 g/mol. The molecular weight excluding hydrogens is 213 g/mol. The van der Waals surface area contributed by atoms with Crippen molar-refractivity contribution in [2.24, 2.45) is 0 Å². The molecule has 0 radical (unpaired) electrons. The number of hydrogen-bond acceptors (Lipinski definition) is 1. The summed E-state index contributed by atoms with van der Waals surface area (Å²) in [5, 5.41) is 3.96. The Bertz CT molecular complexity index is 383. The molecule has 0 aromatic heterocycles. The molecule has 1 aromatic carbocycles. The predicted molar refractivity (Wildman–Crippen MR) is 60.7 cm³/mol. The topological polar surface area (TPSA) is 12.0 Å². The molecule has 1 nitrogen and oxygen atoms in total. The van der Waals surface area contributed by atoms with E-state index < -0.39 is 0 Å². The van der Waals surface area contributed by atoms with Crippen LogP contribution in [0.3, 0.4) is 0 Å². The molecule has 1 saturated heterocycles. The summed E-state index contributed by atoms with van der Waals surface area (Å²) in [4.78, 5) is 0. The molecule has 1 heterocycles. The Kier molecular flexibility index (Phi) is 2.73. The molecule has 1 aliphatic heterocycles. The van der Waals surface area contributed by atoms with Crippen LogP contribution in [0.1, 0.15) is 30.9 Å². The third-order valence-electron chi connectivity index (χ3n) is 3.18. The highest BCUT2D eigenvalue weighted by Gasteiger charge is 2.33. The van der Waals surface area contributed by atoms with Gasteiger partial charge in [-0.25, -0.2) is 4.39 Å². The molecule has 1 aromatic rings. The van der Waals surface area contributed by atoms with Gasteiger partial charge in [0.15, 0.2) is 0 Å². The normalized spacial score (nSPS) is 25.9. The molecule has 15 heavy (non-hydrogen) atoms. The second-order valence-electron chi connectivity index (χ2n) is 4.45. The maximum atomic E-state index is 14.0. The van der Waals surface area contributed by atoms with Gasteiger partial charge in [0.05, 0.1) is 0 Å². The van der Waals surface area contributed by atoms with E-state index in [2.05, 4.69) is 5.32 Å². The van der Waals surface area contributed by atoms with E-state index in [1.165, 1.54) is 0 Å². The van der Waals surface area contributed by atoms with Crippen molar-refractivity contribution in [3.8, 4) is 0 Å². The molecule has 82 valence electrons. The largest absolute Gasteiger partial charge is 0.308 e. The molecule has 0 spiro atoms. The van der Waals surface area contributed by atoms with Gasteiger partial charge in [-0.1, -0.05) is 11.6 Å². The molecule has 1 atom stereocenters. The van der Waals surface area contributed by atoms with Crippen molar-refractivity contribution in [3.05, 3.63) is 34.1 Å². The number of aryl methyl sites for hydroxylation is 1. The van der Waals surface area contributed by atoms with Crippen molar-refractivity contribution in [3.63, 3.8) is 0 Å². The Morgan fingerprint density at radius 2 is 2.20 bits per heavy atom. The third kappa shape index (κ3) is 1.88. The fourth-order valence-corrected chi connectivity index (χ4v) is 2.52. The summed E-state index contributed by atoms with van der Waals surface area (Å²) in [6.07, 6.45) is 2.05. The first-order valence-corrected chi connectivity index (χ1v) is 5.62. The molecule has 3 heteroatoms. The van der Waals surface area contributed by atoms with Gasteiger partial charge in [-0.2, -0.15) is 0 Å². The summed E-state index contributed by atoms with van der Waals surface area (Å²) in [7, 11) is 0. The molecule has 1 unspecified atom stereocenters. The average Bonchev–Trinajstić information content (AvgIpc) is 2.59. The van der Waals surface area contributed by atoms with Gasteiger partial charge in [-0.15, -0.1) is 0 Å². The number of rotatable bonds is 1. The van der Waals surface area contributed by atoms with Crippen LogP contribution in [-0.4, -0.2) is 6.54 Å². The average molecular weight is 228 g/mol. The van der Waals surface area contributed by atoms with Crippen LogP contribution < -0.4 is 5.32 Å². The van der Waals surface area contributed by atoms with Crippen molar-refractivity contribution >= 4 is 11.6 Å². The van der Waals surface area contributed by atoms with Crippen molar-refractivity contribution < 1.29 is 4.39 Å². The fraction of sp³-hybridized carbons (Fsp3) is 0.500. The minimum Gasteiger partial charge on any atom is -0.308 e. The van der Waals surface area contributed by atoms with Gasteiger partial charge in [0.1, 0.15) is 5.82 Å². The van der Waals surface area contributed by atoms with E-state index >= 15 is 0 Å². The summed E-state index contributed by atoms with van der Waals surface area (Å²) < 4.78 is 14.0. The number of hydrogen-bond donors (Lipinski definition) is 1. The number of benzene rings is 1. The minimum atomic E-state index is -0.250. The van der Waals surface area contributed by atoms with Crippen LogP contribution in [0.2, 0.25) is 5.02 Å². The summed E-state index contributed by atoms with van der Waals surface area (Å²) in [5.74, 6) is -0.128. The van der Waals surface area contributed by atoms with E-state index in [0.29, 0.717) is 16.1 Å². The van der Waals surface area contributed by atoms with Gasteiger partial charge in [-0.3, -0.25) is 0 Å². The Morgan fingerprint density at radius 3 is 2.80 bits per heavy atom. The summed E-state index contributed by atoms with van der Waals surface area (Å²) in [6, 6.07) is 3.40. The summed E-state index contributed by atoms with van der Waals surface area (Å²) in [6.45, 7) is 4.73. The molecule has 1 fully saturated rings. The number of nitrogens with one attached hydrogen (secondary N) is 1. The van der Waals surface area contributed by atoms with Gasteiger partial charge < -0.3 is 5.32 Å². The highest BCUT2D eigenvalue weighted by atomic mass is 35.5. The predicted octanol–water partition coefficient (Wildman–Crippen LogP) is 3.39. The molecule has 0 aliphatic carbocycles. The zero-order valence-corrected chi connectivity index (χ0v) is 9.79. The van der Waals surface area contributed by atoms with Crippen LogP contribution in [0.4, 0.5) is 4.39 Å². The van der Waals surface area contributed by atoms with E-state index in [0.717, 1.165) is 19.4 Å². The van der Waals surface area contributed by atoms with E-state index in [-0.39, 0.29) is 11.4 Å². The maximum absolute atomic E-state index is 14.0. The van der Waals surface area contributed by atoms with Crippen molar-refractivity contribution in [2.75, 3.05) is 6.54 Å². The highest BCUT2D eigenvalue weighted by molar-refractivity contribution is 6.30. The molecule has 1 aliphatic rings. The number of halogens is 2. The van der Waals surface area contributed by atoms with E-state index in [1.54, 1.807) is 19.1 Å². The lowest BCUT2D eigenvalue weighted by atomic mass is 9.89. The van der Waals surface area contributed by atoms with Gasteiger partial charge in [0, 0.05) is 16.1 Å². The Labute approximate surface area is 94.6 Å². The van der Waals surface area contributed by atoms with Crippen molar-refractivity contribution in [2.45, 2.75) is 32.2 Å². The van der Waals surface area contributed by atoms with Gasteiger partial charge in [0.2, 0.25) is 0 Å². The molecule has 0 amide bonds. The van der Waals surface area contributed by atoms with E-state index in [1.807, 2.05) is 6.92 Å². The van der Waals surface area contributed by atoms with Gasteiger partial charge >= 0.3 is 0 Å². The lowest BCUT2D eigenvalue weighted by molar-refractivity contribution is 0.409. The quantitative estimate of drug-likeness (QED) is 0.776. The van der Waals surface area contributed by atoms with E-state index in [4.69, 9.17) is 11.6 Å². The van der Waals surface area contributed by atoms with Crippen LogP contribution in [0, 0.1) is 12.7 Å². The molecule has 0 bridgehead atoms. The molecular formula is C12H15ClFN. The van der Waals surface area contributed by atoms with Crippen LogP contribution in [0.5, 0.6) is 0 Å². The summed E-state index contributed by atoms with van der Waals surface area (Å²) >= 11 is 5.97. The first-order valence-electron chi connectivity index (χ1n) is 5.24. The standard InChI is InChI=1S/C12H15ClFN/c1-8-6-9(13)7-10(11(8)14)12(2)4-3-5-15-12/h6-7,15H,3-5H2,1-2H3. The van der Waals surface area contributed by atoms with Gasteiger partial charge in [0.25, 0.3) is 0 Å². The van der Waals surface area contributed by atoms with Crippen molar-refractivity contribution in [1.82, 2.24) is 5.32 Å². The zero-order valence-electron chi connectivity index (χ0n) is 9.03. The second-order valence-corrected chi connectivity index (χ2v) is 4.88. The van der Waals surface area contributed by atoms with Crippen LogP contribution >= 0.6 is 11.6 Å². The second kappa shape index (κ2) is 3.76. The Balaban J connectivity index is 2.51. The van der Waals surface area contributed by atoms with Crippen LogP contribution in [0.15, 0.2) is 12.1 Å². The minimum absolute atomic E-state index is 0.128. The Morgan fingerprint density at radius 1 is 1.47 bits per heavy atom. The van der Waals surface area contributed by atoms with Gasteiger partial charge in [-0.05, 0) is 50.9 Å². The molecule has 2 rings (SSSR count). The highest BCUT2D eigenvalue weighted by Crippen LogP contribution is 2.34. The van der Waals surface area contributed by atoms with E-state index in [9.17, 15) is 4.39 Å². The molecule has 1 N–H and O–H groups in total. The maximum Gasteiger partial charge on any atom is 0.131 e. The first kappa shape index (κ1) is 10.9. The van der Waals surface area contributed by atoms with Crippen LogP contribution in [-0.2, 0) is 5.54 Å². The summed E-state index contributed by atoms with van der Waals surface area (Å²) in [5.41, 5.74) is 1.07. The third-order valence-corrected chi connectivity index (χ3v) is 3.40. The zero-order chi connectivity index (χ0) is 11.1. The smallest absolute Gasteiger partial charge is 0.131 e. The first-order chi connectivity index (χ1) is 7.03. The Hall–Kier alpha value is -0.600. The SMILES string of the molecule is Cc1cc(Cl)cc(C2(C)CCCN2)c1F. The van der Waals surface area contributed by atoms with Crippen LogP contribution in [0.25, 0.3) is 0 Å². The molecule has 0 saturated carbocycles. The lowest BCUT2D eigenvalue weighted by Gasteiger charge is -2.26. The van der Waals surface area contributed by atoms with Crippen molar-refractivity contribution in [1.29, 1.82) is 0 Å². The fourth-order valence-electron chi connectivity index (χ4n) is 2.25. The lowest BCUT2D eigenvalue weighted by Crippen LogP contribution is -2.34.